The van der Waals surface area contributed by atoms with Crippen molar-refractivity contribution in [1.29, 1.82) is 0 Å². The van der Waals surface area contributed by atoms with Crippen LogP contribution in [0.15, 0.2) is 46.8 Å². The fraction of sp³-hybridized carbons (Fsp3) is 0.333. The molecule has 0 radical (unpaired) electrons. The van der Waals surface area contributed by atoms with E-state index < -0.39 is 0 Å². The van der Waals surface area contributed by atoms with Crippen molar-refractivity contribution in [3.8, 4) is 28.5 Å². The van der Waals surface area contributed by atoms with Crippen molar-refractivity contribution in [2.75, 3.05) is 31.7 Å². The van der Waals surface area contributed by atoms with Crippen molar-refractivity contribution in [1.82, 2.24) is 4.57 Å². The predicted octanol–water partition coefficient (Wildman–Crippen LogP) is 3.73. The van der Waals surface area contributed by atoms with Crippen molar-refractivity contribution in [3.63, 3.8) is 0 Å². The number of benzene rings is 2. The van der Waals surface area contributed by atoms with Crippen LogP contribution in [0.2, 0.25) is 0 Å². The average Bonchev–Trinajstić information content (AvgIpc) is 3.49. The third-order valence-electron chi connectivity index (χ3n) is 5.87. The number of nitrogens with one attached hydrogen (secondary N) is 1. The van der Waals surface area contributed by atoms with E-state index in [1.807, 2.05) is 36.4 Å². The highest BCUT2D eigenvalue weighted by molar-refractivity contribution is 7.07. The van der Waals surface area contributed by atoms with Crippen molar-refractivity contribution < 1.29 is 23.7 Å². The van der Waals surface area contributed by atoms with Crippen LogP contribution in [0.1, 0.15) is 12.8 Å². The first-order valence-corrected chi connectivity index (χ1v) is 11.9. The second-order valence-electron chi connectivity index (χ2n) is 8.14. The Balaban J connectivity index is 1.41. The molecule has 0 aliphatic carbocycles. The van der Waals surface area contributed by atoms with Crippen LogP contribution in [0.3, 0.4) is 0 Å². The smallest absolute Gasteiger partial charge is 0.262 e. The first kappa shape index (κ1) is 20.3. The molecule has 1 aromatic heterocycles. The molecule has 3 aliphatic heterocycles. The van der Waals surface area contributed by atoms with Gasteiger partial charge in [0.2, 0.25) is 0 Å². The molecule has 8 nitrogen and oxygen atoms in total. The topological polar surface area (TPSA) is 83.3 Å². The number of aromatic nitrogens is 1. The molecule has 33 heavy (non-hydrogen) atoms. The molecule has 1 atom stereocenters. The molecule has 0 saturated carbocycles. The molecule has 3 aromatic rings. The lowest BCUT2D eigenvalue weighted by molar-refractivity contribution is -0.118. The molecule has 2 aromatic carbocycles. The highest BCUT2D eigenvalue weighted by Gasteiger charge is 2.21. The molecule has 170 valence electrons. The molecule has 1 fully saturated rings. The zero-order valence-corrected chi connectivity index (χ0v) is 18.7. The molecular weight excluding hydrogens is 442 g/mol. The van der Waals surface area contributed by atoms with Gasteiger partial charge in [0.05, 0.1) is 29.7 Å². The van der Waals surface area contributed by atoms with E-state index in [1.54, 1.807) is 11.3 Å². The summed E-state index contributed by atoms with van der Waals surface area (Å²) in [5.41, 5.74) is 3.50. The van der Waals surface area contributed by atoms with Crippen LogP contribution in [-0.4, -0.2) is 43.0 Å². The Bertz CT molecular complexity index is 1280. The van der Waals surface area contributed by atoms with Gasteiger partial charge < -0.3 is 28.8 Å². The molecule has 0 bridgehead atoms. The number of rotatable bonds is 4. The summed E-state index contributed by atoms with van der Waals surface area (Å²) in [6.07, 6.45) is 2.25. The summed E-state index contributed by atoms with van der Waals surface area (Å²) < 4.78 is 25.0. The van der Waals surface area contributed by atoms with E-state index in [1.165, 1.54) is 0 Å². The van der Waals surface area contributed by atoms with Crippen LogP contribution in [0.25, 0.3) is 11.3 Å². The summed E-state index contributed by atoms with van der Waals surface area (Å²) in [7, 11) is 0. The average molecular weight is 466 g/mol. The van der Waals surface area contributed by atoms with Crippen LogP contribution in [-0.2, 0) is 16.1 Å². The van der Waals surface area contributed by atoms with E-state index in [2.05, 4.69) is 15.3 Å². The minimum absolute atomic E-state index is 0.0440. The first-order chi connectivity index (χ1) is 16.2. The summed E-state index contributed by atoms with van der Waals surface area (Å²) in [5, 5.41) is 4.99. The van der Waals surface area contributed by atoms with Gasteiger partial charge in [-0.05, 0) is 43.2 Å². The summed E-state index contributed by atoms with van der Waals surface area (Å²) >= 11 is 1.57. The zero-order chi connectivity index (χ0) is 22.2. The lowest BCUT2D eigenvalue weighted by Gasteiger charge is -2.19. The fourth-order valence-electron chi connectivity index (χ4n) is 4.27. The second kappa shape index (κ2) is 8.57. The SMILES string of the molecule is O=C1COc2ccc(-c3csc(=Nc4ccc5c(c4)OCCO5)n3C[C@H]3CCCO3)cc2N1. The Labute approximate surface area is 194 Å². The molecular formula is C24H23N3O5S. The van der Waals surface area contributed by atoms with Crippen LogP contribution in [0, 0.1) is 0 Å². The summed E-state index contributed by atoms with van der Waals surface area (Å²) in [4.78, 5) is 17.6. The molecule has 4 heterocycles. The lowest BCUT2D eigenvalue weighted by atomic mass is 10.1. The monoisotopic (exact) mass is 465 g/mol. The number of thiazole rings is 1. The highest BCUT2D eigenvalue weighted by Crippen LogP contribution is 2.35. The number of carbonyl (C=O) groups is 1. The van der Waals surface area contributed by atoms with Gasteiger partial charge in [-0.1, -0.05) is 0 Å². The summed E-state index contributed by atoms with van der Waals surface area (Å²) in [6, 6.07) is 11.6. The van der Waals surface area contributed by atoms with E-state index in [9.17, 15) is 4.79 Å². The molecule has 0 spiro atoms. The van der Waals surface area contributed by atoms with Gasteiger partial charge in [0.25, 0.3) is 5.91 Å². The van der Waals surface area contributed by atoms with Gasteiger partial charge in [-0.15, -0.1) is 11.3 Å². The van der Waals surface area contributed by atoms with Crippen LogP contribution < -0.4 is 24.3 Å². The number of ether oxygens (including phenoxy) is 4. The fourth-order valence-corrected chi connectivity index (χ4v) is 5.21. The summed E-state index contributed by atoms with van der Waals surface area (Å²) in [5.74, 6) is 2.00. The molecule has 6 rings (SSSR count). The normalized spacial score (nSPS) is 19.7. The van der Waals surface area contributed by atoms with E-state index in [-0.39, 0.29) is 18.6 Å². The van der Waals surface area contributed by atoms with Crippen molar-refractivity contribution >= 4 is 28.6 Å². The van der Waals surface area contributed by atoms with E-state index >= 15 is 0 Å². The number of nitrogens with zero attached hydrogens (tertiary/aromatic N) is 2. The number of hydrogen-bond acceptors (Lipinski definition) is 7. The minimum Gasteiger partial charge on any atom is -0.486 e. The van der Waals surface area contributed by atoms with Crippen LogP contribution >= 0.6 is 11.3 Å². The van der Waals surface area contributed by atoms with Gasteiger partial charge >= 0.3 is 0 Å². The highest BCUT2D eigenvalue weighted by atomic mass is 32.1. The maximum Gasteiger partial charge on any atom is 0.262 e. The van der Waals surface area contributed by atoms with Gasteiger partial charge in [0, 0.05) is 23.6 Å². The molecule has 0 unspecified atom stereocenters. The van der Waals surface area contributed by atoms with Gasteiger partial charge in [-0.2, -0.15) is 0 Å². The molecule has 1 N–H and O–H groups in total. The maximum atomic E-state index is 11.8. The molecule has 1 saturated heterocycles. The zero-order valence-electron chi connectivity index (χ0n) is 17.9. The van der Waals surface area contributed by atoms with Gasteiger partial charge in [0.15, 0.2) is 22.9 Å². The minimum atomic E-state index is -0.147. The third kappa shape index (κ3) is 4.09. The van der Waals surface area contributed by atoms with Crippen molar-refractivity contribution in [2.45, 2.75) is 25.5 Å². The molecule has 3 aliphatic rings. The number of anilines is 1. The van der Waals surface area contributed by atoms with Crippen LogP contribution in [0.5, 0.6) is 17.2 Å². The van der Waals surface area contributed by atoms with Crippen molar-refractivity contribution in [2.24, 2.45) is 4.99 Å². The van der Waals surface area contributed by atoms with Gasteiger partial charge in [0.1, 0.15) is 19.0 Å². The van der Waals surface area contributed by atoms with Gasteiger partial charge in [-0.25, -0.2) is 4.99 Å². The van der Waals surface area contributed by atoms with Gasteiger partial charge in [-0.3, -0.25) is 4.79 Å². The largest absolute Gasteiger partial charge is 0.486 e. The number of fused-ring (bicyclic) bond motifs is 2. The third-order valence-corrected chi connectivity index (χ3v) is 6.73. The van der Waals surface area contributed by atoms with E-state index in [0.29, 0.717) is 31.2 Å². The Kier molecular flexibility index (Phi) is 5.27. The van der Waals surface area contributed by atoms with E-state index in [0.717, 1.165) is 52.7 Å². The Morgan fingerprint density at radius 1 is 1.03 bits per heavy atom. The molecule has 9 heteroatoms. The predicted molar refractivity (Wildman–Crippen MR) is 123 cm³/mol. The molecule has 1 amide bonds. The number of carbonyl (C=O) groups excluding carboxylic acids is 1. The van der Waals surface area contributed by atoms with Crippen LogP contribution in [0.4, 0.5) is 11.4 Å². The Morgan fingerprint density at radius 3 is 2.79 bits per heavy atom. The quantitative estimate of drug-likeness (QED) is 0.635. The lowest BCUT2D eigenvalue weighted by Crippen LogP contribution is -2.25. The Hall–Kier alpha value is -3.30. The van der Waals surface area contributed by atoms with E-state index in [4.69, 9.17) is 23.9 Å². The first-order valence-electron chi connectivity index (χ1n) is 11.0. The second-order valence-corrected chi connectivity index (χ2v) is 8.97. The Morgan fingerprint density at radius 2 is 1.91 bits per heavy atom. The van der Waals surface area contributed by atoms with Crippen molar-refractivity contribution in [3.05, 3.63) is 46.6 Å². The standard InChI is InChI=1S/C24H23N3O5S/c28-23-13-32-20-5-3-15(10-18(20)26-23)19-14-33-24(27(19)12-17-2-1-7-29-17)25-16-4-6-21-22(11-16)31-9-8-30-21/h3-6,10-11,14,17H,1-2,7-9,12-13H2,(H,26,28)/t17-/m1/s1. The maximum absolute atomic E-state index is 11.8. The summed E-state index contributed by atoms with van der Waals surface area (Å²) in [6.45, 7) is 2.65. The number of amides is 1. The number of hydrogen-bond donors (Lipinski definition) is 1.